The van der Waals surface area contributed by atoms with Gasteiger partial charge in [-0.25, -0.2) is 9.97 Å². The van der Waals surface area contributed by atoms with Crippen molar-refractivity contribution in [3.63, 3.8) is 0 Å². The molecule has 1 fully saturated rings. The molecule has 0 N–H and O–H groups in total. The second kappa shape index (κ2) is 10.2. The second-order valence-electron chi connectivity index (χ2n) is 9.16. The van der Waals surface area contributed by atoms with E-state index in [1.807, 2.05) is 47.4 Å². The lowest BCUT2D eigenvalue weighted by Gasteiger charge is -2.35. The highest BCUT2D eigenvalue weighted by Gasteiger charge is 2.26. The molecule has 1 aliphatic rings. The molecule has 0 aliphatic carbocycles. The first kappa shape index (κ1) is 24.0. The fourth-order valence-electron chi connectivity index (χ4n) is 4.98. The molecule has 7 nitrogen and oxygen atoms in total. The number of carbonyl (C=O) groups is 1. The monoisotopic (exact) mass is 523 g/mol. The van der Waals surface area contributed by atoms with Crippen LogP contribution in [0.2, 0.25) is 5.02 Å². The smallest absolute Gasteiger partial charge is 0.253 e. The van der Waals surface area contributed by atoms with Crippen LogP contribution in [-0.4, -0.2) is 58.6 Å². The fraction of sp³-hybridized carbons (Fsp3) is 0.167. The number of piperazine rings is 1. The highest BCUT2D eigenvalue weighted by Crippen LogP contribution is 2.37. The van der Waals surface area contributed by atoms with Crippen LogP contribution in [0, 0.1) is 0 Å². The summed E-state index contributed by atoms with van der Waals surface area (Å²) < 4.78 is 7.56. The number of halogens is 1. The maximum atomic E-state index is 13.0. The molecule has 6 rings (SSSR count). The Kier molecular flexibility index (Phi) is 6.43. The number of carbonyl (C=O) groups excluding carboxylic acids is 1. The van der Waals surface area contributed by atoms with Gasteiger partial charge in [0, 0.05) is 54.6 Å². The topological polar surface area (TPSA) is 63.5 Å². The summed E-state index contributed by atoms with van der Waals surface area (Å²) in [5, 5.41) is 1.60. The van der Waals surface area contributed by atoms with Crippen molar-refractivity contribution in [2.75, 3.05) is 38.2 Å². The Morgan fingerprint density at radius 1 is 0.895 bits per heavy atom. The van der Waals surface area contributed by atoms with Crippen molar-refractivity contribution in [3.8, 4) is 22.6 Å². The van der Waals surface area contributed by atoms with Gasteiger partial charge >= 0.3 is 0 Å². The van der Waals surface area contributed by atoms with Crippen molar-refractivity contribution in [3.05, 3.63) is 102 Å². The molecule has 38 heavy (non-hydrogen) atoms. The zero-order valence-electron chi connectivity index (χ0n) is 20.9. The number of benzene rings is 3. The highest BCUT2D eigenvalue weighted by molar-refractivity contribution is 6.30. The van der Waals surface area contributed by atoms with Crippen molar-refractivity contribution in [1.82, 2.24) is 19.4 Å². The average Bonchev–Trinajstić information content (AvgIpc) is 3.38. The van der Waals surface area contributed by atoms with Gasteiger partial charge in [-0.3, -0.25) is 4.79 Å². The van der Waals surface area contributed by atoms with Crippen molar-refractivity contribution in [2.45, 2.75) is 0 Å². The Balaban J connectivity index is 1.37. The number of rotatable bonds is 5. The average molecular weight is 524 g/mol. The Morgan fingerprint density at radius 2 is 1.66 bits per heavy atom. The van der Waals surface area contributed by atoms with E-state index < -0.39 is 0 Å². The number of anilines is 1. The summed E-state index contributed by atoms with van der Waals surface area (Å²) in [5.74, 6) is 1.67. The van der Waals surface area contributed by atoms with Crippen molar-refractivity contribution in [2.24, 2.45) is 0 Å². The molecular weight excluding hydrogens is 498 g/mol. The SMILES string of the molecule is COc1cccc(-n2cc(-c3ccccc3)c3c(N4CCN(C(=O)c5ccc(Cl)cc5)CC4)ncnc32)c1. The minimum Gasteiger partial charge on any atom is -0.497 e. The number of hydrogen-bond acceptors (Lipinski definition) is 5. The van der Waals surface area contributed by atoms with Gasteiger partial charge in [-0.1, -0.05) is 48.0 Å². The maximum absolute atomic E-state index is 13.0. The van der Waals surface area contributed by atoms with Gasteiger partial charge in [0.15, 0.2) is 5.65 Å². The lowest BCUT2D eigenvalue weighted by Crippen LogP contribution is -2.49. The standard InChI is InChI=1S/C30H26ClN5O2/c1-38-25-9-5-8-24(18-25)36-19-26(21-6-3-2-4-7-21)27-28(32-20-33-29(27)36)34-14-16-35(17-15-34)30(37)22-10-12-23(31)13-11-22/h2-13,18-20H,14-17H2,1H3. The van der Waals surface area contributed by atoms with Gasteiger partial charge in [-0.05, 0) is 42.0 Å². The third kappa shape index (κ3) is 4.46. The normalized spacial score (nSPS) is 13.6. The second-order valence-corrected chi connectivity index (χ2v) is 9.60. The Labute approximate surface area is 225 Å². The molecule has 1 saturated heterocycles. The number of methoxy groups -OCH3 is 1. The first-order chi connectivity index (χ1) is 18.6. The highest BCUT2D eigenvalue weighted by atomic mass is 35.5. The van der Waals surface area contributed by atoms with E-state index in [0.29, 0.717) is 36.8 Å². The van der Waals surface area contributed by atoms with E-state index in [9.17, 15) is 4.79 Å². The minimum absolute atomic E-state index is 0.0169. The van der Waals surface area contributed by atoms with Crippen LogP contribution in [0.1, 0.15) is 10.4 Å². The van der Waals surface area contributed by atoms with Crippen LogP contribution in [-0.2, 0) is 0 Å². The van der Waals surface area contributed by atoms with Crippen LogP contribution in [0.3, 0.4) is 0 Å². The fourth-order valence-corrected chi connectivity index (χ4v) is 5.10. The molecule has 8 heteroatoms. The summed E-state index contributed by atoms with van der Waals surface area (Å²) in [6, 6.07) is 25.3. The summed E-state index contributed by atoms with van der Waals surface area (Å²) in [5.41, 5.74) is 4.57. The summed E-state index contributed by atoms with van der Waals surface area (Å²) >= 11 is 6.00. The Morgan fingerprint density at radius 3 is 2.39 bits per heavy atom. The van der Waals surface area contributed by atoms with E-state index in [-0.39, 0.29) is 5.91 Å². The molecule has 0 bridgehead atoms. The number of fused-ring (bicyclic) bond motifs is 1. The predicted octanol–water partition coefficient (Wildman–Crippen LogP) is 5.71. The first-order valence-corrected chi connectivity index (χ1v) is 12.9. The summed E-state index contributed by atoms with van der Waals surface area (Å²) in [4.78, 5) is 26.6. The Hall–Kier alpha value is -4.36. The van der Waals surface area contributed by atoms with E-state index in [2.05, 4.69) is 27.8 Å². The van der Waals surface area contributed by atoms with Crippen molar-refractivity contribution < 1.29 is 9.53 Å². The third-order valence-electron chi connectivity index (χ3n) is 6.94. The molecule has 0 radical (unpaired) electrons. The molecule has 2 aromatic heterocycles. The maximum Gasteiger partial charge on any atom is 0.253 e. The zero-order valence-corrected chi connectivity index (χ0v) is 21.7. The van der Waals surface area contributed by atoms with Crippen molar-refractivity contribution in [1.29, 1.82) is 0 Å². The van der Waals surface area contributed by atoms with Gasteiger partial charge in [0.1, 0.15) is 17.9 Å². The molecule has 3 heterocycles. The van der Waals surface area contributed by atoms with E-state index in [4.69, 9.17) is 26.3 Å². The number of amides is 1. The van der Waals surface area contributed by atoms with Crippen molar-refractivity contribution >= 4 is 34.4 Å². The quantitative estimate of drug-likeness (QED) is 0.295. The molecule has 0 saturated carbocycles. The molecule has 190 valence electrons. The summed E-state index contributed by atoms with van der Waals surface area (Å²) in [6.07, 6.45) is 3.74. The van der Waals surface area contributed by atoms with Crippen LogP contribution in [0.5, 0.6) is 5.75 Å². The van der Waals surface area contributed by atoms with Gasteiger partial charge in [-0.2, -0.15) is 0 Å². The number of aromatic nitrogens is 3. The van der Waals surface area contributed by atoms with Crippen LogP contribution < -0.4 is 9.64 Å². The van der Waals surface area contributed by atoms with E-state index in [0.717, 1.165) is 39.4 Å². The Bertz CT molecular complexity index is 1590. The van der Waals surface area contributed by atoms with Gasteiger partial charge in [0.05, 0.1) is 18.2 Å². The van der Waals surface area contributed by atoms with Crippen LogP contribution in [0.15, 0.2) is 91.4 Å². The largest absolute Gasteiger partial charge is 0.497 e. The molecule has 0 spiro atoms. The van der Waals surface area contributed by atoms with E-state index in [1.54, 1.807) is 37.7 Å². The van der Waals surface area contributed by atoms with Gasteiger partial charge in [0.25, 0.3) is 5.91 Å². The number of nitrogens with zero attached hydrogens (tertiary/aromatic N) is 5. The third-order valence-corrected chi connectivity index (χ3v) is 7.19. The van der Waals surface area contributed by atoms with Crippen LogP contribution in [0.4, 0.5) is 5.82 Å². The summed E-state index contributed by atoms with van der Waals surface area (Å²) in [7, 11) is 1.67. The van der Waals surface area contributed by atoms with Gasteiger partial charge in [0.2, 0.25) is 0 Å². The molecule has 0 unspecified atom stereocenters. The minimum atomic E-state index is 0.0169. The van der Waals surface area contributed by atoms with Crippen LogP contribution in [0.25, 0.3) is 27.8 Å². The number of ether oxygens (including phenoxy) is 1. The lowest BCUT2D eigenvalue weighted by atomic mass is 10.1. The molecule has 0 atom stereocenters. The molecular formula is C30H26ClN5O2. The lowest BCUT2D eigenvalue weighted by molar-refractivity contribution is 0.0746. The predicted molar refractivity (Wildman–Crippen MR) is 150 cm³/mol. The summed E-state index contributed by atoms with van der Waals surface area (Å²) in [6.45, 7) is 2.54. The molecule has 1 aliphatic heterocycles. The van der Waals surface area contributed by atoms with Crippen LogP contribution >= 0.6 is 11.6 Å². The van der Waals surface area contributed by atoms with E-state index in [1.165, 1.54) is 0 Å². The number of hydrogen-bond donors (Lipinski definition) is 0. The molecule has 3 aromatic carbocycles. The molecule has 1 amide bonds. The van der Waals surface area contributed by atoms with Gasteiger partial charge in [-0.15, -0.1) is 0 Å². The van der Waals surface area contributed by atoms with E-state index >= 15 is 0 Å². The van der Waals surface area contributed by atoms with Gasteiger partial charge < -0.3 is 19.1 Å². The first-order valence-electron chi connectivity index (χ1n) is 12.5. The molecule has 5 aromatic rings. The zero-order chi connectivity index (χ0) is 26.1.